The third-order valence-electron chi connectivity index (χ3n) is 2.81. The maximum atomic E-state index is 10.6. The molecule has 0 aliphatic carbocycles. The molecule has 1 atom stereocenters. The van der Waals surface area contributed by atoms with E-state index in [1.165, 1.54) is 0 Å². The SMILES string of the molecule is Cn1ccnc1-c1ccc(C(N)CC(=O)O)cc1. The van der Waals surface area contributed by atoms with E-state index in [2.05, 4.69) is 4.98 Å². The molecule has 0 aliphatic rings. The summed E-state index contributed by atoms with van der Waals surface area (Å²) in [7, 11) is 1.92. The number of hydrogen-bond acceptors (Lipinski definition) is 3. The summed E-state index contributed by atoms with van der Waals surface area (Å²) in [6.07, 6.45) is 3.54. The molecule has 2 rings (SSSR count). The molecule has 0 radical (unpaired) electrons. The van der Waals surface area contributed by atoms with E-state index in [4.69, 9.17) is 10.8 Å². The van der Waals surface area contributed by atoms with Crippen LogP contribution >= 0.6 is 0 Å². The molecule has 0 aliphatic heterocycles. The van der Waals surface area contributed by atoms with Gasteiger partial charge in [0.1, 0.15) is 5.82 Å². The van der Waals surface area contributed by atoms with Crippen molar-refractivity contribution in [3.63, 3.8) is 0 Å². The van der Waals surface area contributed by atoms with Crippen molar-refractivity contribution in [3.8, 4) is 11.4 Å². The molecular formula is C13H15N3O2. The summed E-state index contributed by atoms with van der Waals surface area (Å²) in [4.78, 5) is 14.8. The van der Waals surface area contributed by atoms with Gasteiger partial charge in [0.05, 0.1) is 6.42 Å². The van der Waals surface area contributed by atoms with Gasteiger partial charge in [-0.1, -0.05) is 24.3 Å². The Hall–Kier alpha value is -2.14. The number of carboxylic acids is 1. The van der Waals surface area contributed by atoms with Crippen LogP contribution in [0, 0.1) is 0 Å². The molecular weight excluding hydrogens is 230 g/mol. The van der Waals surface area contributed by atoms with Gasteiger partial charge in [-0.3, -0.25) is 4.79 Å². The molecule has 0 saturated carbocycles. The Bertz CT molecular complexity index is 546. The lowest BCUT2D eigenvalue weighted by Crippen LogP contribution is -2.14. The fourth-order valence-corrected chi connectivity index (χ4v) is 1.83. The fraction of sp³-hybridized carbons (Fsp3) is 0.231. The van der Waals surface area contributed by atoms with Crippen molar-refractivity contribution in [1.82, 2.24) is 9.55 Å². The first-order valence-corrected chi connectivity index (χ1v) is 5.63. The summed E-state index contributed by atoms with van der Waals surface area (Å²) < 4.78 is 1.92. The zero-order valence-corrected chi connectivity index (χ0v) is 10.1. The fourth-order valence-electron chi connectivity index (χ4n) is 1.83. The molecule has 5 heteroatoms. The van der Waals surface area contributed by atoms with Crippen LogP contribution in [0.25, 0.3) is 11.4 Å². The van der Waals surface area contributed by atoms with Crippen LogP contribution in [0.15, 0.2) is 36.7 Å². The monoisotopic (exact) mass is 245 g/mol. The highest BCUT2D eigenvalue weighted by molar-refractivity contribution is 5.68. The Kier molecular flexibility index (Phi) is 3.43. The Morgan fingerprint density at radius 2 is 2.11 bits per heavy atom. The molecule has 0 spiro atoms. The van der Waals surface area contributed by atoms with Crippen LogP contribution < -0.4 is 5.73 Å². The second kappa shape index (κ2) is 5.01. The van der Waals surface area contributed by atoms with Gasteiger partial charge < -0.3 is 15.4 Å². The quantitative estimate of drug-likeness (QED) is 0.856. The number of imidazole rings is 1. The lowest BCUT2D eigenvalue weighted by molar-refractivity contribution is -0.137. The maximum absolute atomic E-state index is 10.6. The molecule has 0 amide bonds. The van der Waals surface area contributed by atoms with Crippen molar-refractivity contribution >= 4 is 5.97 Å². The molecule has 1 aromatic carbocycles. The molecule has 5 nitrogen and oxygen atoms in total. The van der Waals surface area contributed by atoms with Gasteiger partial charge in [-0.05, 0) is 5.56 Å². The highest BCUT2D eigenvalue weighted by atomic mass is 16.4. The van der Waals surface area contributed by atoms with Gasteiger partial charge in [-0.2, -0.15) is 0 Å². The topological polar surface area (TPSA) is 81.1 Å². The molecule has 0 bridgehead atoms. The first-order chi connectivity index (χ1) is 8.58. The lowest BCUT2D eigenvalue weighted by Gasteiger charge is -2.10. The minimum absolute atomic E-state index is 0.0677. The van der Waals surface area contributed by atoms with Crippen LogP contribution in [0.5, 0.6) is 0 Å². The number of aryl methyl sites for hydroxylation is 1. The van der Waals surface area contributed by atoms with Crippen molar-refractivity contribution < 1.29 is 9.90 Å². The molecule has 1 aromatic heterocycles. The van der Waals surface area contributed by atoms with Crippen molar-refractivity contribution in [2.75, 3.05) is 0 Å². The van der Waals surface area contributed by atoms with Crippen molar-refractivity contribution in [2.45, 2.75) is 12.5 Å². The first-order valence-electron chi connectivity index (χ1n) is 5.63. The third-order valence-corrected chi connectivity index (χ3v) is 2.81. The van der Waals surface area contributed by atoms with E-state index in [1.54, 1.807) is 6.20 Å². The number of aromatic nitrogens is 2. The van der Waals surface area contributed by atoms with E-state index in [1.807, 2.05) is 42.1 Å². The van der Waals surface area contributed by atoms with E-state index >= 15 is 0 Å². The highest BCUT2D eigenvalue weighted by Crippen LogP contribution is 2.20. The smallest absolute Gasteiger partial charge is 0.305 e. The zero-order valence-electron chi connectivity index (χ0n) is 10.1. The largest absolute Gasteiger partial charge is 0.481 e. The highest BCUT2D eigenvalue weighted by Gasteiger charge is 2.11. The molecule has 3 N–H and O–H groups in total. The molecule has 18 heavy (non-hydrogen) atoms. The van der Waals surface area contributed by atoms with Crippen molar-refractivity contribution in [2.24, 2.45) is 12.8 Å². The maximum Gasteiger partial charge on any atom is 0.305 e. The minimum atomic E-state index is -0.893. The molecule has 2 aromatic rings. The van der Waals surface area contributed by atoms with Gasteiger partial charge in [0.2, 0.25) is 0 Å². The Morgan fingerprint density at radius 1 is 1.44 bits per heavy atom. The van der Waals surface area contributed by atoms with Crippen LogP contribution in [0.3, 0.4) is 0 Å². The zero-order chi connectivity index (χ0) is 13.1. The Morgan fingerprint density at radius 3 is 2.61 bits per heavy atom. The Balaban J connectivity index is 2.20. The van der Waals surface area contributed by atoms with E-state index in [-0.39, 0.29) is 6.42 Å². The summed E-state index contributed by atoms with van der Waals surface area (Å²) in [5.74, 6) is -0.0240. The number of hydrogen-bond donors (Lipinski definition) is 2. The third kappa shape index (κ3) is 2.57. The summed E-state index contributed by atoms with van der Waals surface area (Å²) in [6, 6.07) is 7.02. The van der Waals surface area contributed by atoms with Gasteiger partial charge >= 0.3 is 5.97 Å². The van der Waals surface area contributed by atoms with E-state index < -0.39 is 12.0 Å². The number of carboxylic acid groups (broad SMARTS) is 1. The number of carbonyl (C=O) groups is 1. The van der Waals surface area contributed by atoms with Crippen LogP contribution in [0.2, 0.25) is 0 Å². The van der Waals surface area contributed by atoms with Gasteiger partial charge in [-0.25, -0.2) is 4.98 Å². The second-order valence-electron chi connectivity index (χ2n) is 4.19. The van der Waals surface area contributed by atoms with E-state index in [0.717, 1.165) is 17.0 Å². The second-order valence-corrected chi connectivity index (χ2v) is 4.19. The lowest BCUT2D eigenvalue weighted by atomic mass is 10.0. The predicted octanol–water partition coefficient (Wildman–Crippen LogP) is 1.56. The Labute approximate surface area is 105 Å². The molecule has 1 heterocycles. The molecule has 0 fully saturated rings. The predicted molar refractivity (Wildman–Crippen MR) is 67.8 cm³/mol. The standard InChI is InChI=1S/C13H15N3O2/c1-16-7-6-15-13(16)10-4-2-9(3-5-10)11(14)8-12(17)18/h2-7,11H,8,14H2,1H3,(H,17,18). The molecule has 1 unspecified atom stereocenters. The van der Waals surface area contributed by atoms with Crippen LogP contribution in [-0.4, -0.2) is 20.6 Å². The average molecular weight is 245 g/mol. The molecule has 0 saturated heterocycles. The number of benzene rings is 1. The minimum Gasteiger partial charge on any atom is -0.481 e. The number of nitrogens with two attached hydrogens (primary N) is 1. The van der Waals surface area contributed by atoms with Crippen molar-refractivity contribution in [3.05, 3.63) is 42.2 Å². The number of aliphatic carboxylic acids is 1. The first kappa shape index (κ1) is 12.3. The van der Waals surface area contributed by atoms with Gasteiger partial charge in [-0.15, -0.1) is 0 Å². The van der Waals surface area contributed by atoms with E-state index in [0.29, 0.717) is 0 Å². The number of rotatable bonds is 4. The summed E-state index contributed by atoms with van der Waals surface area (Å²) >= 11 is 0. The van der Waals surface area contributed by atoms with Crippen LogP contribution in [0.4, 0.5) is 0 Å². The summed E-state index contributed by atoms with van der Waals surface area (Å²) in [5.41, 5.74) is 7.59. The van der Waals surface area contributed by atoms with Gasteiger partial charge in [0.25, 0.3) is 0 Å². The molecule has 94 valence electrons. The summed E-state index contributed by atoms with van der Waals surface area (Å²) in [5, 5.41) is 8.69. The van der Waals surface area contributed by atoms with Gasteiger partial charge in [0, 0.05) is 31.0 Å². The van der Waals surface area contributed by atoms with Crippen molar-refractivity contribution in [1.29, 1.82) is 0 Å². The van der Waals surface area contributed by atoms with Crippen LogP contribution in [0.1, 0.15) is 18.0 Å². The normalized spacial score (nSPS) is 12.3. The van der Waals surface area contributed by atoms with E-state index in [9.17, 15) is 4.79 Å². The summed E-state index contributed by atoms with van der Waals surface area (Å²) in [6.45, 7) is 0. The van der Waals surface area contributed by atoms with Gasteiger partial charge in [0.15, 0.2) is 0 Å². The van der Waals surface area contributed by atoms with Crippen LogP contribution in [-0.2, 0) is 11.8 Å². The number of nitrogens with zero attached hydrogens (tertiary/aromatic N) is 2. The average Bonchev–Trinajstić information content (AvgIpc) is 2.75.